The summed E-state index contributed by atoms with van der Waals surface area (Å²) >= 11 is 0. The summed E-state index contributed by atoms with van der Waals surface area (Å²) < 4.78 is 37.8. The van der Waals surface area contributed by atoms with Gasteiger partial charge in [-0.1, -0.05) is 12.1 Å². The van der Waals surface area contributed by atoms with Crippen LogP contribution in [-0.2, 0) is 15.8 Å². The minimum atomic E-state index is -4.38. The van der Waals surface area contributed by atoms with Gasteiger partial charge in [0.25, 0.3) is 0 Å². The quantitative estimate of drug-likeness (QED) is 0.703. The fraction of sp³-hybridized carbons (Fsp3) is 0.524. The van der Waals surface area contributed by atoms with Crippen LogP contribution in [-0.4, -0.2) is 72.3 Å². The lowest BCUT2D eigenvalue weighted by molar-refractivity contribution is -0.137. The number of likely N-dealkylation sites (tertiary alicyclic amines) is 1. The lowest BCUT2D eigenvalue weighted by Crippen LogP contribution is -2.39. The van der Waals surface area contributed by atoms with E-state index in [1.54, 1.807) is 4.90 Å². The lowest BCUT2D eigenvalue weighted by Gasteiger charge is -2.24. The Balaban J connectivity index is 1.51. The number of carbonyl (C=O) groups excluding carboxylic acids is 2. The Hall–Kier alpha value is -2.35. The molecule has 158 valence electrons. The highest BCUT2D eigenvalue weighted by molar-refractivity contribution is 5.92. The molecule has 0 bridgehead atoms. The summed E-state index contributed by atoms with van der Waals surface area (Å²) in [4.78, 5) is 30.6. The third kappa shape index (κ3) is 6.06. The van der Waals surface area contributed by atoms with Crippen LogP contribution in [0.3, 0.4) is 0 Å². The molecule has 2 fully saturated rings. The van der Waals surface area contributed by atoms with Crippen LogP contribution in [0.5, 0.6) is 0 Å². The topological polar surface area (TPSA) is 43.9 Å². The van der Waals surface area contributed by atoms with Crippen LogP contribution in [0.25, 0.3) is 6.08 Å². The average Bonchev–Trinajstić information content (AvgIpc) is 3.14. The molecule has 0 aromatic heterocycles. The summed E-state index contributed by atoms with van der Waals surface area (Å²) in [6.07, 6.45) is 1.19. The van der Waals surface area contributed by atoms with E-state index in [0.29, 0.717) is 38.2 Å². The molecule has 0 N–H and O–H groups in total. The van der Waals surface area contributed by atoms with Crippen molar-refractivity contribution in [3.8, 4) is 0 Å². The third-order valence-electron chi connectivity index (χ3n) is 5.44. The van der Waals surface area contributed by atoms with Gasteiger partial charge in [0.1, 0.15) is 0 Å². The van der Waals surface area contributed by atoms with Crippen molar-refractivity contribution in [3.05, 3.63) is 41.5 Å². The second-order valence-electron chi connectivity index (χ2n) is 7.46. The fourth-order valence-electron chi connectivity index (χ4n) is 3.65. The van der Waals surface area contributed by atoms with E-state index in [2.05, 4.69) is 4.90 Å². The van der Waals surface area contributed by atoms with Crippen molar-refractivity contribution < 1.29 is 22.8 Å². The molecule has 0 unspecified atom stereocenters. The van der Waals surface area contributed by atoms with E-state index in [1.165, 1.54) is 37.1 Å². The second-order valence-corrected chi connectivity index (χ2v) is 7.46. The maximum Gasteiger partial charge on any atom is 0.416 e. The first-order valence-electron chi connectivity index (χ1n) is 9.97. The van der Waals surface area contributed by atoms with Crippen LogP contribution >= 0.6 is 0 Å². The molecule has 0 radical (unpaired) electrons. The van der Waals surface area contributed by atoms with Crippen LogP contribution in [0.15, 0.2) is 30.3 Å². The minimum absolute atomic E-state index is 0.0613. The second kappa shape index (κ2) is 9.43. The molecule has 0 aliphatic carbocycles. The van der Waals surface area contributed by atoms with Gasteiger partial charge in [0.05, 0.1) is 5.56 Å². The van der Waals surface area contributed by atoms with Gasteiger partial charge in [0, 0.05) is 45.2 Å². The molecule has 5 nitrogen and oxygen atoms in total. The first kappa shape index (κ1) is 21.4. The highest BCUT2D eigenvalue weighted by atomic mass is 19.4. The Morgan fingerprint density at radius 2 is 1.66 bits per heavy atom. The van der Waals surface area contributed by atoms with Crippen LogP contribution in [0.1, 0.15) is 30.4 Å². The summed E-state index contributed by atoms with van der Waals surface area (Å²) in [6, 6.07) is 4.65. The number of hydrogen-bond donors (Lipinski definition) is 0. The number of carbonyl (C=O) groups is 2. The summed E-state index contributed by atoms with van der Waals surface area (Å²) in [5.41, 5.74) is -0.203. The van der Waals surface area contributed by atoms with Gasteiger partial charge in [-0.05, 0) is 49.7 Å². The summed E-state index contributed by atoms with van der Waals surface area (Å²) in [5, 5.41) is 0. The monoisotopic (exact) mass is 409 g/mol. The Morgan fingerprint density at radius 1 is 0.966 bits per heavy atom. The summed E-state index contributed by atoms with van der Waals surface area (Å²) in [7, 11) is 0. The highest BCUT2D eigenvalue weighted by Gasteiger charge is 2.30. The van der Waals surface area contributed by atoms with Crippen LogP contribution in [0.2, 0.25) is 0 Å². The van der Waals surface area contributed by atoms with Gasteiger partial charge in [-0.25, -0.2) is 0 Å². The molecule has 1 aromatic rings. The van der Waals surface area contributed by atoms with E-state index in [4.69, 9.17) is 0 Å². The van der Waals surface area contributed by atoms with Crippen molar-refractivity contribution >= 4 is 17.9 Å². The highest BCUT2D eigenvalue weighted by Crippen LogP contribution is 2.29. The van der Waals surface area contributed by atoms with Crippen molar-refractivity contribution in [1.29, 1.82) is 0 Å². The van der Waals surface area contributed by atoms with E-state index in [1.807, 2.05) is 4.90 Å². The number of amides is 2. The number of nitrogens with zero attached hydrogens (tertiary/aromatic N) is 3. The number of hydrogen-bond acceptors (Lipinski definition) is 3. The Kier molecular flexibility index (Phi) is 6.95. The standard InChI is InChI=1S/C21H26F3N3O2/c22-21(23,24)18-6-3-17(4-7-18)5-8-19(28)26-12-9-20(29)27(16-15-26)14-13-25-10-1-2-11-25/h3-8H,1-2,9-16H2/b8-5+. The van der Waals surface area contributed by atoms with Crippen molar-refractivity contribution in [1.82, 2.24) is 14.7 Å². The van der Waals surface area contributed by atoms with E-state index in [0.717, 1.165) is 31.8 Å². The molecule has 2 saturated heterocycles. The molecule has 2 aliphatic heterocycles. The predicted octanol–water partition coefficient (Wildman–Crippen LogP) is 2.88. The van der Waals surface area contributed by atoms with E-state index < -0.39 is 11.7 Å². The molecule has 2 heterocycles. The van der Waals surface area contributed by atoms with Crippen molar-refractivity contribution in [3.63, 3.8) is 0 Å². The molecule has 0 spiro atoms. The van der Waals surface area contributed by atoms with Crippen LogP contribution in [0.4, 0.5) is 13.2 Å². The molecule has 0 atom stereocenters. The molecular formula is C21H26F3N3O2. The van der Waals surface area contributed by atoms with Gasteiger partial charge < -0.3 is 14.7 Å². The minimum Gasteiger partial charge on any atom is -0.340 e. The zero-order chi connectivity index (χ0) is 20.9. The largest absolute Gasteiger partial charge is 0.416 e. The molecule has 1 aromatic carbocycles. The van der Waals surface area contributed by atoms with E-state index in [9.17, 15) is 22.8 Å². The Labute approximate surface area is 168 Å². The molecule has 2 aliphatic rings. The zero-order valence-corrected chi connectivity index (χ0v) is 16.3. The molecule has 8 heteroatoms. The normalized spacial score (nSPS) is 19.2. The molecule has 0 saturated carbocycles. The van der Waals surface area contributed by atoms with E-state index >= 15 is 0 Å². The van der Waals surface area contributed by atoms with Gasteiger partial charge in [0.2, 0.25) is 11.8 Å². The Bertz CT molecular complexity index is 741. The van der Waals surface area contributed by atoms with Gasteiger partial charge >= 0.3 is 6.18 Å². The van der Waals surface area contributed by atoms with Crippen molar-refractivity contribution in [2.75, 3.05) is 45.8 Å². The molecule has 29 heavy (non-hydrogen) atoms. The first-order chi connectivity index (χ1) is 13.8. The maximum absolute atomic E-state index is 12.6. The molecular weight excluding hydrogens is 383 g/mol. The number of alkyl halides is 3. The number of benzene rings is 1. The van der Waals surface area contributed by atoms with Crippen LogP contribution < -0.4 is 0 Å². The smallest absolute Gasteiger partial charge is 0.340 e. The number of halogens is 3. The maximum atomic E-state index is 12.6. The summed E-state index contributed by atoms with van der Waals surface area (Å²) in [5.74, 6) is -0.176. The van der Waals surface area contributed by atoms with Gasteiger partial charge in [-0.15, -0.1) is 0 Å². The van der Waals surface area contributed by atoms with Crippen molar-refractivity contribution in [2.24, 2.45) is 0 Å². The van der Waals surface area contributed by atoms with Gasteiger partial charge in [-0.2, -0.15) is 13.2 Å². The van der Waals surface area contributed by atoms with Crippen LogP contribution in [0, 0.1) is 0 Å². The zero-order valence-electron chi connectivity index (χ0n) is 16.3. The van der Waals surface area contributed by atoms with Gasteiger partial charge in [-0.3, -0.25) is 9.59 Å². The molecule has 3 rings (SSSR count). The number of rotatable bonds is 5. The third-order valence-corrected chi connectivity index (χ3v) is 5.44. The predicted molar refractivity (Wildman–Crippen MR) is 104 cm³/mol. The first-order valence-corrected chi connectivity index (χ1v) is 9.97. The summed E-state index contributed by atoms with van der Waals surface area (Å²) in [6.45, 7) is 5.04. The van der Waals surface area contributed by atoms with Gasteiger partial charge in [0.15, 0.2) is 0 Å². The SMILES string of the molecule is O=C(/C=C/c1ccc(C(F)(F)F)cc1)N1CCC(=O)N(CCN2CCCC2)CC1. The van der Waals surface area contributed by atoms with Crippen molar-refractivity contribution in [2.45, 2.75) is 25.4 Å². The Morgan fingerprint density at radius 3 is 2.31 bits per heavy atom. The van der Waals surface area contributed by atoms with E-state index in [-0.39, 0.29) is 11.8 Å². The fourth-order valence-corrected chi connectivity index (χ4v) is 3.65. The lowest BCUT2D eigenvalue weighted by atomic mass is 10.1. The molecule has 2 amide bonds. The average molecular weight is 409 g/mol.